The molecular formula is C8H9ClINO. The zero-order valence-electron chi connectivity index (χ0n) is 6.82. The number of anilines is 1. The molecule has 1 aromatic carbocycles. The van der Waals surface area contributed by atoms with E-state index < -0.39 is 0 Å². The Labute approximate surface area is 90.2 Å². The van der Waals surface area contributed by atoms with Crippen LogP contribution in [0.5, 0.6) is 5.75 Å². The summed E-state index contributed by atoms with van der Waals surface area (Å²) >= 11 is 8.03. The van der Waals surface area contributed by atoms with Gasteiger partial charge in [-0.25, -0.2) is 0 Å². The van der Waals surface area contributed by atoms with Crippen LogP contribution < -0.4 is 10.5 Å². The lowest BCUT2D eigenvalue weighted by molar-refractivity contribution is 0.409. The third-order valence-corrected chi connectivity index (χ3v) is 2.79. The summed E-state index contributed by atoms with van der Waals surface area (Å²) in [6.45, 7) is 1.89. The Bertz CT molecular complexity index is 314. The molecule has 0 aliphatic carbocycles. The van der Waals surface area contributed by atoms with Crippen molar-refractivity contribution in [2.45, 2.75) is 6.92 Å². The predicted molar refractivity (Wildman–Crippen MR) is 59.9 cm³/mol. The number of nitrogen functional groups attached to an aromatic ring is 1. The van der Waals surface area contributed by atoms with Crippen LogP contribution in [0, 0.1) is 10.5 Å². The highest BCUT2D eigenvalue weighted by Gasteiger charge is 2.10. The van der Waals surface area contributed by atoms with Crippen molar-refractivity contribution < 1.29 is 4.74 Å². The van der Waals surface area contributed by atoms with E-state index in [0.717, 1.165) is 14.9 Å². The van der Waals surface area contributed by atoms with Gasteiger partial charge in [0.05, 0.1) is 21.4 Å². The maximum atomic E-state index is 5.86. The smallest absolute Gasteiger partial charge is 0.137 e. The number of halogens is 2. The van der Waals surface area contributed by atoms with Gasteiger partial charge in [-0.15, -0.1) is 0 Å². The Hall–Kier alpha value is -0.160. The standard InChI is InChI=1S/C8H9ClINO/c1-4-7(11)5(9)3-6(10)8(4)12-2/h3H,11H2,1-2H3. The van der Waals surface area contributed by atoms with Gasteiger partial charge >= 0.3 is 0 Å². The van der Waals surface area contributed by atoms with Crippen LogP contribution in [0.3, 0.4) is 0 Å². The van der Waals surface area contributed by atoms with Crippen LogP contribution in [0.4, 0.5) is 5.69 Å². The minimum atomic E-state index is 0.581. The van der Waals surface area contributed by atoms with Crippen molar-refractivity contribution in [2.24, 2.45) is 0 Å². The molecule has 0 radical (unpaired) electrons. The molecule has 0 heterocycles. The zero-order chi connectivity index (χ0) is 9.30. The average Bonchev–Trinajstić information content (AvgIpc) is 2.01. The summed E-state index contributed by atoms with van der Waals surface area (Å²) in [5, 5.41) is 0.581. The summed E-state index contributed by atoms with van der Waals surface area (Å²) in [5.41, 5.74) is 7.20. The molecule has 0 spiro atoms. The first kappa shape index (κ1) is 9.92. The lowest BCUT2D eigenvalue weighted by Gasteiger charge is -2.10. The van der Waals surface area contributed by atoms with Gasteiger partial charge in [-0.3, -0.25) is 0 Å². The fourth-order valence-electron chi connectivity index (χ4n) is 0.986. The quantitative estimate of drug-likeness (QED) is 0.639. The van der Waals surface area contributed by atoms with Crippen LogP contribution in [-0.4, -0.2) is 7.11 Å². The number of benzene rings is 1. The molecule has 0 aliphatic rings. The van der Waals surface area contributed by atoms with Gasteiger partial charge in [0.1, 0.15) is 5.75 Å². The average molecular weight is 298 g/mol. The van der Waals surface area contributed by atoms with E-state index in [4.69, 9.17) is 22.1 Å². The largest absolute Gasteiger partial charge is 0.495 e. The molecule has 0 saturated heterocycles. The summed E-state index contributed by atoms with van der Waals surface area (Å²) in [6, 6.07) is 1.79. The topological polar surface area (TPSA) is 35.2 Å². The molecule has 66 valence electrons. The Morgan fingerprint density at radius 2 is 2.17 bits per heavy atom. The second-order valence-corrected chi connectivity index (χ2v) is 3.98. The van der Waals surface area contributed by atoms with Crippen LogP contribution in [-0.2, 0) is 0 Å². The molecule has 0 atom stereocenters. The molecule has 0 bridgehead atoms. The van der Waals surface area contributed by atoms with Crippen molar-refractivity contribution in [1.82, 2.24) is 0 Å². The van der Waals surface area contributed by atoms with E-state index in [1.165, 1.54) is 0 Å². The molecule has 2 N–H and O–H groups in total. The zero-order valence-corrected chi connectivity index (χ0v) is 9.73. The molecule has 0 amide bonds. The molecule has 0 aromatic heterocycles. The highest BCUT2D eigenvalue weighted by molar-refractivity contribution is 14.1. The summed E-state index contributed by atoms with van der Waals surface area (Å²) in [5.74, 6) is 0.803. The molecule has 2 nitrogen and oxygen atoms in total. The molecule has 0 saturated carbocycles. The molecular weight excluding hydrogens is 288 g/mol. The lowest BCUT2D eigenvalue weighted by atomic mass is 10.2. The van der Waals surface area contributed by atoms with Crippen LogP contribution >= 0.6 is 34.2 Å². The fourth-order valence-corrected chi connectivity index (χ4v) is 2.36. The Morgan fingerprint density at radius 3 is 2.67 bits per heavy atom. The van der Waals surface area contributed by atoms with E-state index in [9.17, 15) is 0 Å². The van der Waals surface area contributed by atoms with Crippen molar-refractivity contribution in [3.05, 3.63) is 20.2 Å². The van der Waals surface area contributed by atoms with Gasteiger partial charge in [0.2, 0.25) is 0 Å². The van der Waals surface area contributed by atoms with Crippen LogP contribution in [0.15, 0.2) is 6.07 Å². The normalized spacial score (nSPS) is 10.0. The fraction of sp³-hybridized carbons (Fsp3) is 0.250. The van der Waals surface area contributed by atoms with Crippen molar-refractivity contribution in [3.8, 4) is 5.75 Å². The Balaban J connectivity index is 3.40. The second-order valence-electron chi connectivity index (χ2n) is 2.41. The lowest BCUT2D eigenvalue weighted by Crippen LogP contribution is -1.97. The summed E-state index contributed by atoms with van der Waals surface area (Å²) < 4.78 is 6.14. The number of nitrogens with two attached hydrogens (primary N) is 1. The number of hydrogen-bond donors (Lipinski definition) is 1. The third kappa shape index (κ3) is 1.61. The number of ether oxygens (including phenoxy) is 1. The maximum Gasteiger partial charge on any atom is 0.137 e. The number of methoxy groups -OCH3 is 1. The van der Waals surface area contributed by atoms with E-state index in [1.807, 2.05) is 6.92 Å². The molecule has 1 rings (SSSR count). The molecule has 0 fully saturated rings. The van der Waals surface area contributed by atoms with Crippen LogP contribution in [0.25, 0.3) is 0 Å². The van der Waals surface area contributed by atoms with Crippen molar-refractivity contribution >= 4 is 39.9 Å². The van der Waals surface area contributed by atoms with Crippen molar-refractivity contribution in [2.75, 3.05) is 12.8 Å². The summed E-state index contributed by atoms with van der Waals surface area (Å²) in [7, 11) is 1.62. The number of rotatable bonds is 1. The van der Waals surface area contributed by atoms with Crippen LogP contribution in [0.2, 0.25) is 5.02 Å². The van der Waals surface area contributed by atoms with Gasteiger partial charge in [-0.05, 0) is 35.6 Å². The van der Waals surface area contributed by atoms with Gasteiger partial charge in [-0.1, -0.05) is 11.6 Å². The first-order valence-electron chi connectivity index (χ1n) is 3.36. The highest BCUT2D eigenvalue weighted by Crippen LogP contribution is 2.34. The van der Waals surface area contributed by atoms with E-state index >= 15 is 0 Å². The Morgan fingerprint density at radius 1 is 1.58 bits per heavy atom. The first-order chi connectivity index (χ1) is 5.57. The van der Waals surface area contributed by atoms with Gasteiger partial charge < -0.3 is 10.5 Å². The monoisotopic (exact) mass is 297 g/mol. The summed E-state index contributed by atoms with van der Waals surface area (Å²) in [4.78, 5) is 0. The van der Waals surface area contributed by atoms with E-state index in [2.05, 4.69) is 22.6 Å². The molecule has 0 unspecified atom stereocenters. The third-order valence-electron chi connectivity index (χ3n) is 1.68. The van der Waals surface area contributed by atoms with Gasteiger partial charge in [0.25, 0.3) is 0 Å². The molecule has 1 aromatic rings. The van der Waals surface area contributed by atoms with Gasteiger partial charge in [-0.2, -0.15) is 0 Å². The first-order valence-corrected chi connectivity index (χ1v) is 4.81. The predicted octanol–water partition coefficient (Wildman–Crippen LogP) is 2.84. The second kappa shape index (κ2) is 3.70. The minimum Gasteiger partial charge on any atom is -0.495 e. The van der Waals surface area contributed by atoms with Gasteiger partial charge in [0, 0.05) is 5.56 Å². The Kier molecular flexibility index (Phi) is 3.06. The molecule has 12 heavy (non-hydrogen) atoms. The maximum absolute atomic E-state index is 5.86. The van der Waals surface area contributed by atoms with E-state index in [1.54, 1.807) is 13.2 Å². The number of hydrogen-bond acceptors (Lipinski definition) is 2. The molecule has 0 aliphatic heterocycles. The van der Waals surface area contributed by atoms with E-state index in [-0.39, 0.29) is 0 Å². The van der Waals surface area contributed by atoms with Crippen LogP contribution in [0.1, 0.15) is 5.56 Å². The highest BCUT2D eigenvalue weighted by atomic mass is 127. The van der Waals surface area contributed by atoms with Crippen molar-refractivity contribution in [1.29, 1.82) is 0 Å². The van der Waals surface area contributed by atoms with Crippen molar-refractivity contribution in [3.63, 3.8) is 0 Å². The van der Waals surface area contributed by atoms with Gasteiger partial charge in [0.15, 0.2) is 0 Å². The summed E-state index contributed by atoms with van der Waals surface area (Å²) in [6.07, 6.45) is 0. The molecule has 4 heteroatoms. The SMILES string of the molecule is COc1c(I)cc(Cl)c(N)c1C. The van der Waals surface area contributed by atoms with E-state index in [0.29, 0.717) is 10.7 Å². The minimum absolute atomic E-state index is 0.581.